The van der Waals surface area contributed by atoms with E-state index < -0.39 is 11.9 Å². The standard InChI is InChI=1S/C21H23N3O4S/c1-4-12-29-21-23-18(26-5-2)16-14(13-10-8-7-9-11-13)15(20(25)27-6-3)17(22)28-19(16)24-21/h4,7-11,14H,1,5-6,12,22H2,2-3H3. The molecule has 29 heavy (non-hydrogen) atoms. The van der Waals surface area contributed by atoms with Crippen molar-refractivity contribution in [3.05, 3.63) is 65.6 Å². The first-order valence-electron chi connectivity index (χ1n) is 9.28. The molecule has 152 valence electrons. The molecule has 1 aromatic heterocycles. The van der Waals surface area contributed by atoms with E-state index in [1.165, 1.54) is 11.8 Å². The highest BCUT2D eigenvalue weighted by Gasteiger charge is 2.39. The summed E-state index contributed by atoms with van der Waals surface area (Å²) in [7, 11) is 0. The van der Waals surface area contributed by atoms with Gasteiger partial charge in [0.05, 0.1) is 24.7 Å². The summed E-state index contributed by atoms with van der Waals surface area (Å²) in [4.78, 5) is 21.8. The summed E-state index contributed by atoms with van der Waals surface area (Å²) in [5, 5.41) is 0.478. The van der Waals surface area contributed by atoms with Crippen LogP contribution in [0.5, 0.6) is 11.8 Å². The van der Waals surface area contributed by atoms with Crippen molar-refractivity contribution in [3.8, 4) is 11.8 Å². The Morgan fingerprint density at radius 1 is 1.28 bits per heavy atom. The third kappa shape index (κ3) is 4.37. The Labute approximate surface area is 174 Å². The molecule has 0 saturated heterocycles. The van der Waals surface area contributed by atoms with Gasteiger partial charge in [-0.25, -0.2) is 4.79 Å². The lowest BCUT2D eigenvalue weighted by atomic mass is 9.84. The van der Waals surface area contributed by atoms with E-state index in [0.717, 1.165) is 5.56 Å². The zero-order valence-corrected chi connectivity index (χ0v) is 17.2. The van der Waals surface area contributed by atoms with Gasteiger partial charge in [-0.1, -0.05) is 48.2 Å². The van der Waals surface area contributed by atoms with E-state index >= 15 is 0 Å². The second kappa shape index (κ2) is 9.47. The van der Waals surface area contributed by atoms with Crippen LogP contribution in [-0.2, 0) is 9.53 Å². The first kappa shape index (κ1) is 20.7. The molecule has 2 heterocycles. The van der Waals surface area contributed by atoms with E-state index in [1.54, 1.807) is 13.0 Å². The number of esters is 1. The van der Waals surface area contributed by atoms with Gasteiger partial charge in [-0.3, -0.25) is 0 Å². The fraction of sp³-hybridized carbons (Fsp3) is 0.286. The molecule has 7 nitrogen and oxygen atoms in total. The lowest BCUT2D eigenvalue weighted by molar-refractivity contribution is -0.139. The van der Waals surface area contributed by atoms with Crippen LogP contribution in [0.4, 0.5) is 0 Å². The lowest BCUT2D eigenvalue weighted by Crippen LogP contribution is -2.29. The summed E-state index contributed by atoms with van der Waals surface area (Å²) in [6.45, 7) is 7.93. The first-order valence-corrected chi connectivity index (χ1v) is 10.3. The van der Waals surface area contributed by atoms with Crippen LogP contribution in [0, 0.1) is 0 Å². The minimum absolute atomic E-state index is 0.0365. The second-order valence-electron chi connectivity index (χ2n) is 6.01. The quantitative estimate of drug-likeness (QED) is 0.304. The van der Waals surface area contributed by atoms with Gasteiger partial charge in [0.1, 0.15) is 5.57 Å². The average molecular weight is 413 g/mol. The van der Waals surface area contributed by atoms with Crippen molar-refractivity contribution in [1.29, 1.82) is 0 Å². The Hall–Kier alpha value is -3.00. The van der Waals surface area contributed by atoms with E-state index in [2.05, 4.69) is 16.5 Å². The van der Waals surface area contributed by atoms with Crippen LogP contribution < -0.4 is 15.2 Å². The van der Waals surface area contributed by atoms with Crippen LogP contribution in [0.3, 0.4) is 0 Å². The van der Waals surface area contributed by atoms with Crippen molar-refractivity contribution in [1.82, 2.24) is 9.97 Å². The second-order valence-corrected chi connectivity index (χ2v) is 6.99. The number of hydrogen-bond acceptors (Lipinski definition) is 8. The van der Waals surface area contributed by atoms with Crippen LogP contribution in [-0.4, -0.2) is 34.9 Å². The normalized spacial score (nSPS) is 15.3. The largest absolute Gasteiger partial charge is 0.478 e. The monoisotopic (exact) mass is 413 g/mol. The maximum absolute atomic E-state index is 12.7. The number of benzene rings is 1. The summed E-state index contributed by atoms with van der Waals surface area (Å²) in [5.41, 5.74) is 7.76. The van der Waals surface area contributed by atoms with E-state index in [1.807, 2.05) is 37.3 Å². The van der Waals surface area contributed by atoms with Crippen molar-refractivity contribution in [2.24, 2.45) is 5.73 Å². The number of thioether (sulfide) groups is 1. The molecule has 0 saturated carbocycles. The number of rotatable bonds is 8. The van der Waals surface area contributed by atoms with Crippen LogP contribution in [0.1, 0.15) is 30.9 Å². The Balaban J connectivity index is 2.21. The highest BCUT2D eigenvalue weighted by Crippen LogP contribution is 2.46. The average Bonchev–Trinajstić information content (AvgIpc) is 2.72. The number of nitrogens with zero attached hydrogens (tertiary/aromatic N) is 2. The smallest absolute Gasteiger partial charge is 0.340 e. The van der Waals surface area contributed by atoms with E-state index in [9.17, 15) is 4.79 Å². The summed E-state index contributed by atoms with van der Waals surface area (Å²) < 4.78 is 16.8. The molecule has 1 atom stereocenters. The number of ether oxygens (including phenoxy) is 3. The van der Waals surface area contributed by atoms with Gasteiger partial charge in [0.15, 0.2) is 5.16 Å². The highest BCUT2D eigenvalue weighted by atomic mass is 32.2. The molecular formula is C21H23N3O4S. The molecule has 3 rings (SSSR count). The molecule has 0 spiro atoms. The number of hydrogen-bond donors (Lipinski definition) is 1. The van der Waals surface area contributed by atoms with Gasteiger partial charge in [-0.15, -0.1) is 6.58 Å². The Bertz CT molecular complexity index is 931. The number of carbonyl (C=O) groups excluding carboxylic acids is 1. The lowest BCUT2D eigenvalue weighted by Gasteiger charge is -2.28. The Morgan fingerprint density at radius 2 is 2.03 bits per heavy atom. The van der Waals surface area contributed by atoms with Crippen LogP contribution in [0.25, 0.3) is 0 Å². The molecule has 0 amide bonds. The van der Waals surface area contributed by atoms with Gasteiger partial charge in [0.2, 0.25) is 17.6 Å². The number of carbonyl (C=O) groups is 1. The van der Waals surface area contributed by atoms with Crippen molar-refractivity contribution in [2.75, 3.05) is 19.0 Å². The van der Waals surface area contributed by atoms with Crippen molar-refractivity contribution >= 4 is 17.7 Å². The van der Waals surface area contributed by atoms with E-state index in [-0.39, 0.29) is 23.9 Å². The maximum atomic E-state index is 12.7. The van der Waals surface area contributed by atoms with Crippen LogP contribution in [0.15, 0.2) is 59.6 Å². The highest BCUT2D eigenvalue weighted by molar-refractivity contribution is 7.99. The van der Waals surface area contributed by atoms with Gasteiger partial charge in [-0.2, -0.15) is 9.97 Å². The van der Waals surface area contributed by atoms with Gasteiger partial charge in [0, 0.05) is 5.75 Å². The zero-order chi connectivity index (χ0) is 20.8. The molecule has 2 N–H and O–H groups in total. The fourth-order valence-corrected chi connectivity index (χ4v) is 3.59. The molecule has 0 radical (unpaired) electrons. The first-order chi connectivity index (χ1) is 14.1. The van der Waals surface area contributed by atoms with Gasteiger partial charge < -0.3 is 19.9 Å². The molecule has 1 aliphatic rings. The minimum atomic E-state index is -0.570. The number of nitrogens with two attached hydrogens (primary N) is 1. The van der Waals surface area contributed by atoms with Gasteiger partial charge in [-0.05, 0) is 19.4 Å². The topological polar surface area (TPSA) is 96.6 Å². The molecule has 2 aromatic rings. The summed E-state index contributed by atoms with van der Waals surface area (Å²) in [5.74, 6) is 0.106. The Kier molecular flexibility index (Phi) is 6.77. The molecule has 1 aromatic carbocycles. The Morgan fingerprint density at radius 3 is 2.69 bits per heavy atom. The SMILES string of the molecule is C=CCSc1nc(OCC)c2c(n1)OC(N)=C(C(=O)OCC)C2c1ccccc1. The summed E-state index contributed by atoms with van der Waals surface area (Å²) >= 11 is 1.40. The fourth-order valence-electron chi connectivity index (χ4n) is 3.03. The predicted octanol–water partition coefficient (Wildman–Crippen LogP) is 3.41. The van der Waals surface area contributed by atoms with Gasteiger partial charge in [0.25, 0.3) is 0 Å². The van der Waals surface area contributed by atoms with E-state index in [0.29, 0.717) is 29.0 Å². The third-order valence-electron chi connectivity index (χ3n) is 4.14. The number of aromatic nitrogens is 2. The van der Waals surface area contributed by atoms with Crippen LogP contribution in [0.2, 0.25) is 0 Å². The van der Waals surface area contributed by atoms with Crippen molar-refractivity contribution in [2.45, 2.75) is 24.9 Å². The van der Waals surface area contributed by atoms with Crippen molar-refractivity contribution in [3.63, 3.8) is 0 Å². The predicted molar refractivity (Wildman–Crippen MR) is 111 cm³/mol. The molecular weight excluding hydrogens is 390 g/mol. The molecule has 0 bridgehead atoms. The molecule has 1 aliphatic heterocycles. The van der Waals surface area contributed by atoms with Crippen molar-refractivity contribution < 1.29 is 19.0 Å². The van der Waals surface area contributed by atoms with E-state index in [4.69, 9.17) is 19.9 Å². The number of fused-ring (bicyclic) bond motifs is 1. The molecule has 8 heteroatoms. The molecule has 0 aliphatic carbocycles. The summed E-state index contributed by atoms with van der Waals surface area (Å²) in [6, 6.07) is 9.48. The summed E-state index contributed by atoms with van der Waals surface area (Å²) in [6.07, 6.45) is 1.76. The molecule has 1 unspecified atom stereocenters. The maximum Gasteiger partial charge on any atom is 0.340 e. The van der Waals surface area contributed by atoms with Gasteiger partial charge >= 0.3 is 5.97 Å². The zero-order valence-electron chi connectivity index (χ0n) is 16.4. The molecule has 0 fully saturated rings. The third-order valence-corrected chi connectivity index (χ3v) is 4.99. The minimum Gasteiger partial charge on any atom is -0.478 e. The van der Waals surface area contributed by atoms with Crippen LogP contribution >= 0.6 is 11.8 Å².